The zero-order valence-corrected chi connectivity index (χ0v) is 11.8. The average Bonchev–Trinajstić information content (AvgIpc) is 3.23. The topological polar surface area (TPSA) is 48.4 Å². The predicted molar refractivity (Wildman–Crippen MR) is 78.6 cm³/mol. The molecule has 3 fully saturated rings. The van der Waals surface area contributed by atoms with Gasteiger partial charge in [-0.25, -0.2) is 4.98 Å². The molecular formula is C16H23N3O. The van der Waals surface area contributed by atoms with Crippen molar-refractivity contribution in [3.8, 4) is 0 Å². The first kappa shape index (κ1) is 12.6. The lowest BCUT2D eigenvalue weighted by atomic mass is 9.99. The van der Waals surface area contributed by atoms with Gasteiger partial charge in [0.05, 0.1) is 6.10 Å². The van der Waals surface area contributed by atoms with Crippen molar-refractivity contribution in [3.63, 3.8) is 0 Å². The van der Waals surface area contributed by atoms with Crippen LogP contribution < -0.4 is 10.2 Å². The highest BCUT2D eigenvalue weighted by Crippen LogP contribution is 2.39. The van der Waals surface area contributed by atoms with Crippen molar-refractivity contribution in [2.45, 2.75) is 69.3 Å². The van der Waals surface area contributed by atoms with Crippen molar-refractivity contribution in [3.05, 3.63) is 23.9 Å². The van der Waals surface area contributed by atoms with Gasteiger partial charge in [-0.1, -0.05) is 6.07 Å². The van der Waals surface area contributed by atoms with E-state index in [1.54, 1.807) is 0 Å². The number of pyridine rings is 1. The van der Waals surface area contributed by atoms with Crippen LogP contribution in [0, 0.1) is 0 Å². The Morgan fingerprint density at radius 2 is 1.95 bits per heavy atom. The van der Waals surface area contributed by atoms with Gasteiger partial charge in [0.2, 0.25) is 0 Å². The van der Waals surface area contributed by atoms with Gasteiger partial charge >= 0.3 is 0 Å². The first-order valence-corrected chi connectivity index (χ1v) is 7.95. The van der Waals surface area contributed by atoms with E-state index in [-0.39, 0.29) is 6.10 Å². The summed E-state index contributed by atoms with van der Waals surface area (Å²) in [6, 6.07) is 5.93. The van der Waals surface area contributed by atoms with E-state index in [9.17, 15) is 5.11 Å². The number of piperidine rings is 1. The van der Waals surface area contributed by atoms with E-state index in [0.29, 0.717) is 12.1 Å². The quantitative estimate of drug-likeness (QED) is 0.878. The summed E-state index contributed by atoms with van der Waals surface area (Å²) in [6.45, 7) is 0.923. The highest BCUT2D eigenvalue weighted by molar-refractivity contribution is 5.50. The Bertz CT molecular complexity index is 474. The van der Waals surface area contributed by atoms with Gasteiger partial charge in [0.15, 0.2) is 0 Å². The van der Waals surface area contributed by atoms with Crippen LogP contribution in [0.25, 0.3) is 0 Å². The van der Waals surface area contributed by atoms with Crippen molar-refractivity contribution < 1.29 is 5.11 Å². The molecule has 0 amide bonds. The van der Waals surface area contributed by atoms with Crippen LogP contribution in [-0.4, -0.2) is 34.3 Å². The second-order valence-corrected chi connectivity index (χ2v) is 6.56. The van der Waals surface area contributed by atoms with Crippen LogP contribution in [0.4, 0.5) is 5.82 Å². The number of aromatic nitrogens is 1. The summed E-state index contributed by atoms with van der Waals surface area (Å²) >= 11 is 0. The maximum Gasteiger partial charge on any atom is 0.133 e. The summed E-state index contributed by atoms with van der Waals surface area (Å²) in [4.78, 5) is 7.17. The molecule has 2 bridgehead atoms. The Hall–Kier alpha value is -1.13. The average molecular weight is 273 g/mol. The zero-order valence-electron chi connectivity index (χ0n) is 11.8. The van der Waals surface area contributed by atoms with Gasteiger partial charge in [-0.15, -0.1) is 0 Å². The summed E-state index contributed by atoms with van der Waals surface area (Å²) in [6.07, 6.45) is 8.64. The van der Waals surface area contributed by atoms with Crippen LogP contribution in [0.3, 0.4) is 0 Å². The van der Waals surface area contributed by atoms with E-state index in [1.807, 2.05) is 12.3 Å². The van der Waals surface area contributed by atoms with E-state index < -0.39 is 0 Å². The standard InChI is InChI=1S/C16H23N3O/c20-15-8-13-5-6-14(9-15)19(13)16-11(2-1-7-17-16)10-18-12-3-4-12/h1-2,7,12-15,18,20H,3-6,8-10H2. The molecule has 1 saturated carbocycles. The minimum atomic E-state index is -0.111. The van der Waals surface area contributed by atoms with Gasteiger partial charge in [-0.3, -0.25) is 0 Å². The lowest BCUT2D eigenvalue weighted by molar-refractivity contribution is 0.126. The zero-order chi connectivity index (χ0) is 13.5. The monoisotopic (exact) mass is 273 g/mol. The smallest absolute Gasteiger partial charge is 0.133 e. The molecule has 2 atom stereocenters. The number of aliphatic hydroxyl groups excluding tert-OH is 1. The number of hydrogen-bond acceptors (Lipinski definition) is 4. The first-order chi connectivity index (χ1) is 9.81. The number of nitrogens with zero attached hydrogens (tertiary/aromatic N) is 2. The third-order valence-corrected chi connectivity index (χ3v) is 4.98. The number of rotatable bonds is 4. The van der Waals surface area contributed by atoms with E-state index in [4.69, 9.17) is 0 Å². The molecule has 2 N–H and O–H groups in total. The molecule has 2 aliphatic heterocycles. The van der Waals surface area contributed by atoms with Gasteiger partial charge < -0.3 is 15.3 Å². The van der Waals surface area contributed by atoms with Gasteiger partial charge in [-0.2, -0.15) is 0 Å². The van der Waals surface area contributed by atoms with E-state index in [0.717, 1.165) is 31.2 Å². The summed E-state index contributed by atoms with van der Waals surface area (Å²) < 4.78 is 0. The number of hydrogen-bond donors (Lipinski definition) is 2. The highest BCUT2D eigenvalue weighted by atomic mass is 16.3. The van der Waals surface area contributed by atoms with Gasteiger partial charge in [0.25, 0.3) is 0 Å². The number of anilines is 1. The van der Waals surface area contributed by atoms with Gasteiger partial charge in [-0.05, 0) is 44.6 Å². The molecule has 3 heterocycles. The molecule has 108 valence electrons. The maximum atomic E-state index is 9.95. The van der Waals surface area contributed by atoms with E-state index in [1.165, 1.54) is 31.2 Å². The fraction of sp³-hybridized carbons (Fsp3) is 0.688. The van der Waals surface area contributed by atoms with Crippen molar-refractivity contribution in [1.82, 2.24) is 10.3 Å². The lowest BCUT2D eigenvalue weighted by Gasteiger charge is -2.39. The Balaban J connectivity index is 1.58. The van der Waals surface area contributed by atoms with Crippen molar-refractivity contribution in [2.24, 2.45) is 0 Å². The fourth-order valence-corrected chi connectivity index (χ4v) is 3.84. The van der Waals surface area contributed by atoms with Crippen molar-refractivity contribution in [1.29, 1.82) is 0 Å². The van der Waals surface area contributed by atoms with Crippen LogP contribution in [0.2, 0.25) is 0 Å². The van der Waals surface area contributed by atoms with Crippen molar-refractivity contribution >= 4 is 5.82 Å². The molecule has 2 saturated heterocycles. The number of fused-ring (bicyclic) bond motifs is 2. The van der Waals surface area contributed by atoms with Gasteiger partial charge in [0, 0.05) is 36.4 Å². The second kappa shape index (κ2) is 5.01. The van der Waals surface area contributed by atoms with Crippen LogP contribution in [0.5, 0.6) is 0 Å². The van der Waals surface area contributed by atoms with Crippen LogP contribution in [-0.2, 0) is 6.54 Å². The number of nitrogens with one attached hydrogen (secondary N) is 1. The number of aliphatic hydroxyl groups is 1. The SMILES string of the molecule is OC1CC2CCC(C1)N2c1ncccc1CNC1CC1. The minimum absolute atomic E-state index is 0.111. The third-order valence-electron chi connectivity index (χ3n) is 4.98. The summed E-state index contributed by atoms with van der Waals surface area (Å²) in [5.74, 6) is 1.15. The molecule has 4 nitrogen and oxygen atoms in total. The molecule has 4 rings (SSSR count). The molecule has 0 aromatic carbocycles. The Kier molecular flexibility index (Phi) is 3.15. The maximum absolute atomic E-state index is 9.95. The summed E-state index contributed by atoms with van der Waals surface area (Å²) in [5, 5.41) is 13.5. The molecule has 3 aliphatic rings. The Morgan fingerprint density at radius 1 is 1.20 bits per heavy atom. The molecule has 1 aromatic heterocycles. The Labute approximate surface area is 120 Å². The van der Waals surface area contributed by atoms with E-state index in [2.05, 4.69) is 21.3 Å². The van der Waals surface area contributed by atoms with Crippen LogP contribution in [0.15, 0.2) is 18.3 Å². The largest absolute Gasteiger partial charge is 0.393 e. The Morgan fingerprint density at radius 3 is 2.65 bits per heavy atom. The minimum Gasteiger partial charge on any atom is -0.393 e. The predicted octanol–water partition coefficient (Wildman–Crippen LogP) is 1.83. The van der Waals surface area contributed by atoms with Crippen LogP contribution in [0.1, 0.15) is 44.1 Å². The van der Waals surface area contributed by atoms with E-state index >= 15 is 0 Å². The van der Waals surface area contributed by atoms with Crippen molar-refractivity contribution in [2.75, 3.05) is 4.90 Å². The summed E-state index contributed by atoms with van der Waals surface area (Å²) in [7, 11) is 0. The first-order valence-electron chi connectivity index (χ1n) is 7.95. The normalized spacial score (nSPS) is 32.6. The van der Waals surface area contributed by atoms with Gasteiger partial charge in [0.1, 0.15) is 5.82 Å². The second-order valence-electron chi connectivity index (χ2n) is 6.56. The molecule has 1 aromatic rings. The molecule has 1 aliphatic carbocycles. The highest BCUT2D eigenvalue weighted by Gasteiger charge is 2.41. The molecule has 0 radical (unpaired) electrons. The molecule has 2 unspecified atom stereocenters. The molecule has 0 spiro atoms. The molecular weight excluding hydrogens is 250 g/mol. The third kappa shape index (κ3) is 2.31. The molecule has 4 heteroatoms. The lowest BCUT2D eigenvalue weighted by Crippen LogP contribution is -2.45. The fourth-order valence-electron chi connectivity index (χ4n) is 3.84. The molecule has 20 heavy (non-hydrogen) atoms. The summed E-state index contributed by atoms with van der Waals surface area (Å²) in [5.41, 5.74) is 1.31. The van der Waals surface area contributed by atoms with Crippen LogP contribution >= 0.6 is 0 Å².